The predicted octanol–water partition coefficient (Wildman–Crippen LogP) is 3.79. The lowest BCUT2D eigenvalue weighted by atomic mass is 9.73. The predicted molar refractivity (Wildman–Crippen MR) is 66.1 cm³/mol. The van der Waals surface area contributed by atoms with E-state index in [1.165, 1.54) is 32.6 Å². The smallest absolute Gasteiger partial charge is 0.302 e. The summed E-state index contributed by atoms with van der Waals surface area (Å²) < 4.78 is 5.16. The lowest BCUT2D eigenvalue weighted by Crippen LogP contribution is -2.23. The Balaban J connectivity index is 2.24. The molecular formula is C14H26O2. The van der Waals surface area contributed by atoms with Gasteiger partial charge >= 0.3 is 5.97 Å². The third kappa shape index (κ3) is 4.54. The van der Waals surface area contributed by atoms with E-state index in [-0.39, 0.29) is 12.1 Å². The highest BCUT2D eigenvalue weighted by Gasteiger charge is 2.25. The number of hydrogen-bond donors (Lipinski definition) is 0. The molecule has 1 saturated carbocycles. The molecule has 2 heteroatoms. The van der Waals surface area contributed by atoms with Gasteiger partial charge in [0.25, 0.3) is 0 Å². The lowest BCUT2D eigenvalue weighted by molar-refractivity contribution is -0.145. The summed E-state index contributed by atoms with van der Waals surface area (Å²) in [5.41, 5.74) is 0. The Bertz CT molecular complexity index is 225. The zero-order valence-electron chi connectivity index (χ0n) is 11.2. The minimum atomic E-state index is -0.155. The summed E-state index contributed by atoms with van der Waals surface area (Å²) in [7, 11) is 0. The van der Waals surface area contributed by atoms with Gasteiger partial charge in [-0.15, -0.1) is 0 Å². The van der Waals surface area contributed by atoms with E-state index >= 15 is 0 Å². The summed E-state index contributed by atoms with van der Waals surface area (Å²) in [4.78, 5) is 10.8. The summed E-state index contributed by atoms with van der Waals surface area (Å²) >= 11 is 0. The fraction of sp³-hybridized carbons (Fsp3) is 0.929. The SMILES string of the molecule is CC(=O)O[C@@H](C)CC[C@@H]1CC[C@@H](C)C[C@H]1C. The number of esters is 1. The molecule has 94 valence electrons. The largest absolute Gasteiger partial charge is 0.463 e. The zero-order chi connectivity index (χ0) is 12.1. The highest BCUT2D eigenvalue weighted by atomic mass is 16.5. The van der Waals surface area contributed by atoms with Crippen LogP contribution in [0.25, 0.3) is 0 Å². The normalized spacial score (nSPS) is 32.1. The van der Waals surface area contributed by atoms with Crippen molar-refractivity contribution in [3.05, 3.63) is 0 Å². The third-order valence-corrected chi connectivity index (χ3v) is 3.92. The Morgan fingerprint density at radius 3 is 2.62 bits per heavy atom. The van der Waals surface area contributed by atoms with Gasteiger partial charge in [-0.1, -0.05) is 20.3 Å². The number of hydrogen-bond acceptors (Lipinski definition) is 2. The quantitative estimate of drug-likeness (QED) is 0.682. The zero-order valence-corrected chi connectivity index (χ0v) is 11.2. The summed E-state index contributed by atoms with van der Waals surface area (Å²) in [5.74, 6) is 2.43. The van der Waals surface area contributed by atoms with Crippen molar-refractivity contribution in [2.45, 2.75) is 65.9 Å². The lowest BCUT2D eigenvalue weighted by Gasteiger charge is -2.33. The summed E-state index contributed by atoms with van der Waals surface area (Å²) in [6, 6.07) is 0. The Labute approximate surface area is 99.8 Å². The second-order valence-corrected chi connectivity index (χ2v) is 5.65. The van der Waals surface area contributed by atoms with Crippen LogP contribution in [0.1, 0.15) is 59.8 Å². The second-order valence-electron chi connectivity index (χ2n) is 5.65. The molecule has 4 atom stereocenters. The van der Waals surface area contributed by atoms with Crippen LogP contribution in [-0.2, 0) is 9.53 Å². The highest BCUT2D eigenvalue weighted by Crippen LogP contribution is 2.36. The van der Waals surface area contributed by atoms with Crippen molar-refractivity contribution in [2.75, 3.05) is 0 Å². The van der Waals surface area contributed by atoms with Gasteiger partial charge in [0, 0.05) is 6.92 Å². The van der Waals surface area contributed by atoms with E-state index in [1.807, 2.05) is 6.92 Å². The molecule has 1 aliphatic rings. The van der Waals surface area contributed by atoms with E-state index in [0.29, 0.717) is 0 Å². The van der Waals surface area contributed by atoms with Crippen LogP contribution >= 0.6 is 0 Å². The standard InChI is InChI=1S/C14H26O2/c1-10-5-7-14(11(2)9-10)8-6-12(3)16-13(4)15/h10-12,14H,5-9H2,1-4H3/t10-,11-,12+,14+/m1/s1. The van der Waals surface area contributed by atoms with Gasteiger partial charge < -0.3 is 4.74 Å². The molecule has 16 heavy (non-hydrogen) atoms. The van der Waals surface area contributed by atoms with E-state index in [0.717, 1.165) is 24.2 Å². The highest BCUT2D eigenvalue weighted by molar-refractivity contribution is 5.66. The van der Waals surface area contributed by atoms with Crippen LogP contribution in [-0.4, -0.2) is 12.1 Å². The number of rotatable bonds is 4. The van der Waals surface area contributed by atoms with Crippen molar-refractivity contribution < 1.29 is 9.53 Å². The van der Waals surface area contributed by atoms with Crippen LogP contribution in [0.15, 0.2) is 0 Å². The Morgan fingerprint density at radius 2 is 2.06 bits per heavy atom. The molecule has 1 fully saturated rings. The number of ether oxygens (including phenoxy) is 1. The topological polar surface area (TPSA) is 26.3 Å². The van der Waals surface area contributed by atoms with E-state index < -0.39 is 0 Å². The molecule has 0 amide bonds. The second kappa shape index (κ2) is 6.27. The monoisotopic (exact) mass is 226 g/mol. The molecule has 1 aliphatic carbocycles. The van der Waals surface area contributed by atoms with Gasteiger partial charge in [-0.3, -0.25) is 4.79 Å². The first-order valence-electron chi connectivity index (χ1n) is 6.66. The number of carbonyl (C=O) groups is 1. The van der Waals surface area contributed by atoms with Crippen molar-refractivity contribution >= 4 is 5.97 Å². The van der Waals surface area contributed by atoms with E-state index in [9.17, 15) is 4.79 Å². The van der Waals surface area contributed by atoms with Gasteiger partial charge in [-0.25, -0.2) is 0 Å². The molecule has 0 N–H and O–H groups in total. The molecule has 2 nitrogen and oxygen atoms in total. The molecular weight excluding hydrogens is 200 g/mol. The van der Waals surface area contributed by atoms with Crippen LogP contribution in [0.2, 0.25) is 0 Å². The van der Waals surface area contributed by atoms with E-state index in [4.69, 9.17) is 4.74 Å². The average Bonchev–Trinajstić information content (AvgIpc) is 2.15. The Kier molecular flexibility index (Phi) is 5.30. The van der Waals surface area contributed by atoms with Crippen molar-refractivity contribution in [3.63, 3.8) is 0 Å². The fourth-order valence-corrected chi connectivity index (χ4v) is 2.95. The van der Waals surface area contributed by atoms with Gasteiger partial charge in [0.1, 0.15) is 0 Å². The summed E-state index contributed by atoms with van der Waals surface area (Å²) in [6.07, 6.45) is 6.41. The molecule has 0 saturated heterocycles. The summed E-state index contributed by atoms with van der Waals surface area (Å²) in [6.45, 7) is 8.21. The maximum absolute atomic E-state index is 10.8. The molecule has 0 unspecified atom stereocenters. The maximum atomic E-state index is 10.8. The first kappa shape index (κ1) is 13.5. The van der Waals surface area contributed by atoms with E-state index in [1.54, 1.807) is 0 Å². The molecule has 0 heterocycles. The van der Waals surface area contributed by atoms with Gasteiger partial charge in [0.15, 0.2) is 0 Å². The average molecular weight is 226 g/mol. The first-order valence-corrected chi connectivity index (χ1v) is 6.66. The minimum absolute atomic E-state index is 0.0871. The van der Waals surface area contributed by atoms with Gasteiger partial charge in [-0.2, -0.15) is 0 Å². The van der Waals surface area contributed by atoms with E-state index in [2.05, 4.69) is 13.8 Å². The van der Waals surface area contributed by atoms with Gasteiger partial charge in [0.2, 0.25) is 0 Å². The van der Waals surface area contributed by atoms with Crippen LogP contribution in [0.3, 0.4) is 0 Å². The minimum Gasteiger partial charge on any atom is -0.463 e. The molecule has 0 aliphatic heterocycles. The molecule has 0 radical (unpaired) electrons. The Hall–Kier alpha value is -0.530. The molecule has 0 bridgehead atoms. The maximum Gasteiger partial charge on any atom is 0.302 e. The van der Waals surface area contributed by atoms with Crippen LogP contribution < -0.4 is 0 Å². The van der Waals surface area contributed by atoms with Crippen molar-refractivity contribution in [2.24, 2.45) is 17.8 Å². The molecule has 1 rings (SSSR count). The van der Waals surface area contributed by atoms with Gasteiger partial charge in [-0.05, 0) is 50.4 Å². The first-order chi connectivity index (χ1) is 7.49. The van der Waals surface area contributed by atoms with Gasteiger partial charge in [0.05, 0.1) is 6.10 Å². The molecule has 0 aromatic carbocycles. The van der Waals surface area contributed by atoms with Crippen LogP contribution in [0.4, 0.5) is 0 Å². The molecule has 0 spiro atoms. The third-order valence-electron chi connectivity index (χ3n) is 3.92. The van der Waals surface area contributed by atoms with Crippen molar-refractivity contribution in [1.82, 2.24) is 0 Å². The fourth-order valence-electron chi connectivity index (χ4n) is 2.95. The molecule has 0 aromatic rings. The van der Waals surface area contributed by atoms with Crippen LogP contribution in [0.5, 0.6) is 0 Å². The van der Waals surface area contributed by atoms with Crippen LogP contribution in [0, 0.1) is 17.8 Å². The summed E-state index contributed by atoms with van der Waals surface area (Å²) in [5, 5.41) is 0. The van der Waals surface area contributed by atoms with Crippen molar-refractivity contribution in [1.29, 1.82) is 0 Å². The Morgan fingerprint density at radius 1 is 1.38 bits per heavy atom. The number of carbonyl (C=O) groups excluding carboxylic acids is 1. The molecule has 0 aromatic heterocycles. The van der Waals surface area contributed by atoms with Crippen molar-refractivity contribution in [3.8, 4) is 0 Å².